The third-order valence-corrected chi connectivity index (χ3v) is 6.29. The number of hydrogen-bond acceptors (Lipinski definition) is 3. The SMILES string of the molecule is O=C(NNC(=O)c1csc2c1CCCC2)c1ccc2c(c1)CCCC2. The van der Waals surface area contributed by atoms with Crippen LogP contribution in [0.2, 0.25) is 0 Å². The lowest BCUT2D eigenvalue weighted by Crippen LogP contribution is -2.41. The van der Waals surface area contributed by atoms with Crippen molar-refractivity contribution < 1.29 is 9.59 Å². The maximum atomic E-state index is 12.4. The van der Waals surface area contributed by atoms with E-state index in [0.29, 0.717) is 11.1 Å². The van der Waals surface area contributed by atoms with E-state index in [1.54, 1.807) is 11.3 Å². The van der Waals surface area contributed by atoms with E-state index in [4.69, 9.17) is 0 Å². The lowest BCUT2D eigenvalue weighted by atomic mass is 9.90. The molecule has 0 unspecified atom stereocenters. The van der Waals surface area contributed by atoms with Crippen LogP contribution in [0.15, 0.2) is 23.6 Å². The largest absolute Gasteiger partial charge is 0.270 e. The van der Waals surface area contributed by atoms with Gasteiger partial charge in [-0.3, -0.25) is 20.4 Å². The molecule has 5 heteroatoms. The summed E-state index contributed by atoms with van der Waals surface area (Å²) in [5.41, 5.74) is 10.2. The summed E-state index contributed by atoms with van der Waals surface area (Å²) in [6.45, 7) is 0. The van der Waals surface area contributed by atoms with Crippen molar-refractivity contribution in [1.29, 1.82) is 0 Å². The van der Waals surface area contributed by atoms with Gasteiger partial charge in [0.1, 0.15) is 0 Å². The van der Waals surface area contributed by atoms with Crippen LogP contribution in [0.3, 0.4) is 0 Å². The van der Waals surface area contributed by atoms with Crippen LogP contribution in [-0.4, -0.2) is 11.8 Å². The highest BCUT2D eigenvalue weighted by Crippen LogP contribution is 2.30. The highest BCUT2D eigenvalue weighted by molar-refractivity contribution is 7.10. The fourth-order valence-electron chi connectivity index (χ4n) is 3.81. The van der Waals surface area contributed by atoms with Crippen molar-refractivity contribution >= 4 is 23.2 Å². The van der Waals surface area contributed by atoms with Crippen LogP contribution < -0.4 is 10.9 Å². The fourth-order valence-corrected chi connectivity index (χ4v) is 4.94. The number of thiophene rings is 1. The molecule has 1 aromatic carbocycles. The van der Waals surface area contributed by atoms with Gasteiger partial charge in [0.2, 0.25) is 0 Å². The highest BCUT2D eigenvalue weighted by Gasteiger charge is 2.20. The second kappa shape index (κ2) is 7.00. The molecular weight excluding hydrogens is 332 g/mol. The number of carbonyl (C=O) groups excluding carboxylic acids is 2. The summed E-state index contributed by atoms with van der Waals surface area (Å²) < 4.78 is 0. The van der Waals surface area contributed by atoms with Gasteiger partial charge >= 0.3 is 0 Å². The molecule has 1 heterocycles. The quantitative estimate of drug-likeness (QED) is 0.810. The minimum atomic E-state index is -0.258. The first-order valence-corrected chi connectivity index (χ1v) is 9.92. The van der Waals surface area contributed by atoms with Crippen molar-refractivity contribution in [3.8, 4) is 0 Å². The number of rotatable bonds is 2. The van der Waals surface area contributed by atoms with Crippen molar-refractivity contribution in [2.24, 2.45) is 0 Å². The molecule has 4 nitrogen and oxygen atoms in total. The summed E-state index contributed by atoms with van der Waals surface area (Å²) in [6.07, 6.45) is 8.88. The van der Waals surface area contributed by atoms with E-state index in [1.165, 1.54) is 35.3 Å². The monoisotopic (exact) mass is 354 g/mol. The van der Waals surface area contributed by atoms with Gasteiger partial charge in [0.25, 0.3) is 11.8 Å². The van der Waals surface area contributed by atoms with Gasteiger partial charge in [0.05, 0.1) is 5.56 Å². The Hall–Kier alpha value is -2.14. The number of hydrogen-bond donors (Lipinski definition) is 2. The molecule has 0 fully saturated rings. The molecule has 0 saturated heterocycles. The van der Waals surface area contributed by atoms with Crippen molar-refractivity contribution in [2.45, 2.75) is 51.4 Å². The van der Waals surface area contributed by atoms with Crippen molar-refractivity contribution in [3.63, 3.8) is 0 Å². The van der Waals surface area contributed by atoms with E-state index in [0.717, 1.165) is 37.7 Å². The number of aryl methyl sites for hydroxylation is 3. The predicted octanol–water partition coefficient (Wildman–Crippen LogP) is 3.58. The number of benzene rings is 1. The molecule has 0 saturated carbocycles. The Balaban J connectivity index is 1.42. The number of carbonyl (C=O) groups is 2. The molecule has 0 bridgehead atoms. The summed E-state index contributed by atoms with van der Waals surface area (Å²) in [7, 11) is 0. The van der Waals surface area contributed by atoms with E-state index >= 15 is 0 Å². The normalized spacial score (nSPS) is 15.8. The maximum absolute atomic E-state index is 12.4. The third kappa shape index (κ3) is 3.33. The second-order valence-corrected chi connectivity index (χ2v) is 7.82. The second-order valence-electron chi connectivity index (χ2n) is 6.86. The molecular formula is C20H22N2O2S. The van der Waals surface area contributed by atoms with Gasteiger partial charge in [-0.1, -0.05) is 6.07 Å². The van der Waals surface area contributed by atoms with Gasteiger partial charge in [-0.15, -0.1) is 11.3 Å². The van der Waals surface area contributed by atoms with Crippen LogP contribution >= 0.6 is 11.3 Å². The molecule has 2 amide bonds. The highest BCUT2D eigenvalue weighted by atomic mass is 32.1. The van der Waals surface area contributed by atoms with Crippen LogP contribution in [0.5, 0.6) is 0 Å². The average Bonchev–Trinajstić information content (AvgIpc) is 3.09. The van der Waals surface area contributed by atoms with Gasteiger partial charge < -0.3 is 0 Å². The Morgan fingerprint density at radius 1 is 0.840 bits per heavy atom. The molecule has 2 N–H and O–H groups in total. The van der Waals surface area contributed by atoms with Crippen LogP contribution in [0.4, 0.5) is 0 Å². The Morgan fingerprint density at radius 2 is 1.56 bits per heavy atom. The first-order chi connectivity index (χ1) is 12.2. The van der Waals surface area contributed by atoms with Crippen molar-refractivity contribution in [1.82, 2.24) is 10.9 Å². The standard InChI is InChI=1S/C20H22N2O2S/c23-19(15-10-9-13-5-1-2-6-14(13)11-15)21-22-20(24)17-12-25-18-8-4-3-7-16(17)18/h9-12H,1-8H2,(H,21,23)(H,22,24). The molecule has 2 aliphatic carbocycles. The number of fused-ring (bicyclic) bond motifs is 2. The summed E-state index contributed by atoms with van der Waals surface area (Å²) >= 11 is 1.65. The Bertz CT molecular complexity index is 825. The molecule has 1 aromatic heterocycles. The molecule has 25 heavy (non-hydrogen) atoms. The molecule has 2 aromatic rings. The molecule has 0 spiro atoms. The molecule has 4 rings (SSSR count). The molecule has 0 aliphatic heterocycles. The van der Waals surface area contributed by atoms with E-state index in [2.05, 4.69) is 10.9 Å². The van der Waals surface area contributed by atoms with Crippen LogP contribution in [0.1, 0.15) is 68.0 Å². The minimum absolute atomic E-state index is 0.217. The lowest BCUT2D eigenvalue weighted by Gasteiger charge is -2.16. The molecule has 0 radical (unpaired) electrons. The Kier molecular flexibility index (Phi) is 4.57. The Morgan fingerprint density at radius 3 is 2.44 bits per heavy atom. The van der Waals surface area contributed by atoms with Crippen LogP contribution in [0.25, 0.3) is 0 Å². The van der Waals surface area contributed by atoms with Gasteiger partial charge in [-0.25, -0.2) is 0 Å². The number of hydrazine groups is 1. The average molecular weight is 354 g/mol. The lowest BCUT2D eigenvalue weighted by molar-refractivity contribution is 0.0846. The van der Waals surface area contributed by atoms with Gasteiger partial charge in [0.15, 0.2) is 0 Å². The van der Waals surface area contributed by atoms with E-state index in [9.17, 15) is 9.59 Å². The van der Waals surface area contributed by atoms with E-state index < -0.39 is 0 Å². The summed E-state index contributed by atoms with van der Waals surface area (Å²) in [6, 6.07) is 5.85. The van der Waals surface area contributed by atoms with Crippen LogP contribution in [0, 0.1) is 0 Å². The topological polar surface area (TPSA) is 58.2 Å². The Labute approximate surface area is 151 Å². The van der Waals surface area contributed by atoms with Crippen molar-refractivity contribution in [2.75, 3.05) is 0 Å². The summed E-state index contributed by atoms with van der Waals surface area (Å²) in [5, 5.41) is 1.91. The zero-order valence-electron chi connectivity index (χ0n) is 14.2. The molecule has 0 atom stereocenters. The fraction of sp³-hybridized carbons (Fsp3) is 0.400. The predicted molar refractivity (Wildman–Crippen MR) is 99.0 cm³/mol. The van der Waals surface area contributed by atoms with Crippen molar-refractivity contribution in [3.05, 3.63) is 56.3 Å². The smallest absolute Gasteiger partial charge is 0.267 e. The van der Waals surface area contributed by atoms with Gasteiger partial charge in [-0.2, -0.15) is 0 Å². The number of amides is 2. The van der Waals surface area contributed by atoms with Crippen LogP contribution in [-0.2, 0) is 25.7 Å². The summed E-state index contributed by atoms with van der Waals surface area (Å²) in [4.78, 5) is 26.1. The summed E-state index contributed by atoms with van der Waals surface area (Å²) in [5.74, 6) is -0.475. The third-order valence-electron chi connectivity index (χ3n) is 5.21. The maximum Gasteiger partial charge on any atom is 0.270 e. The minimum Gasteiger partial charge on any atom is -0.267 e. The number of nitrogens with one attached hydrogen (secondary N) is 2. The van der Waals surface area contributed by atoms with Gasteiger partial charge in [-0.05, 0) is 80.2 Å². The zero-order valence-corrected chi connectivity index (χ0v) is 15.0. The first-order valence-electron chi connectivity index (χ1n) is 9.04. The first kappa shape index (κ1) is 16.3. The zero-order chi connectivity index (χ0) is 17.2. The van der Waals surface area contributed by atoms with E-state index in [-0.39, 0.29) is 11.8 Å². The molecule has 130 valence electrons. The van der Waals surface area contributed by atoms with Gasteiger partial charge in [0, 0.05) is 15.8 Å². The van der Waals surface area contributed by atoms with E-state index in [1.807, 2.05) is 23.6 Å². The molecule has 2 aliphatic rings.